The van der Waals surface area contributed by atoms with Gasteiger partial charge in [-0.1, -0.05) is 0 Å². The van der Waals surface area contributed by atoms with Gasteiger partial charge < -0.3 is 0 Å². The molecule has 2 bridgehead atoms. The Morgan fingerprint density at radius 2 is 1.78 bits per heavy atom. The SMILES string of the molecule is C1CC2CCC1NO2.Cl. The molecule has 2 heterocycles. The lowest BCUT2D eigenvalue weighted by molar-refractivity contribution is -0.117. The van der Waals surface area contributed by atoms with Gasteiger partial charge in [-0.15, -0.1) is 12.4 Å². The van der Waals surface area contributed by atoms with E-state index in [0.717, 1.165) is 0 Å². The van der Waals surface area contributed by atoms with Crippen LogP contribution in [0.3, 0.4) is 0 Å². The van der Waals surface area contributed by atoms with Crippen molar-refractivity contribution >= 4 is 12.4 Å². The fourth-order valence-electron chi connectivity index (χ4n) is 1.49. The second-order valence-electron chi connectivity index (χ2n) is 2.71. The van der Waals surface area contributed by atoms with E-state index in [-0.39, 0.29) is 12.4 Å². The third-order valence-corrected chi connectivity index (χ3v) is 2.08. The monoisotopic (exact) mass is 149 g/mol. The van der Waals surface area contributed by atoms with Crippen molar-refractivity contribution in [3.63, 3.8) is 0 Å². The van der Waals surface area contributed by atoms with Crippen LogP contribution in [0.5, 0.6) is 0 Å². The Balaban J connectivity index is 0.000000405. The minimum Gasteiger partial charge on any atom is -0.298 e. The van der Waals surface area contributed by atoms with E-state index in [1.165, 1.54) is 25.7 Å². The Bertz CT molecular complexity index is 68.0. The summed E-state index contributed by atoms with van der Waals surface area (Å²) in [5, 5.41) is 0. The molecule has 0 radical (unpaired) electrons. The Labute approximate surface area is 61.3 Å². The highest BCUT2D eigenvalue weighted by atomic mass is 35.5. The molecule has 54 valence electrons. The zero-order chi connectivity index (χ0) is 5.40. The number of halogens is 1. The highest BCUT2D eigenvalue weighted by Crippen LogP contribution is 2.25. The predicted molar refractivity (Wildman–Crippen MR) is 37.5 cm³/mol. The molecule has 3 heteroatoms. The first kappa shape index (κ1) is 7.32. The lowest BCUT2D eigenvalue weighted by Gasteiger charge is -2.35. The molecular formula is C6H12ClNO. The highest BCUT2D eigenvalue weighted by molar-refractivity contribution is 5.85. The van der Waals surface area contributed by atoms with E-state index >= 15 is 0 Å². The van der Waals surface area contributed by atoms with Crippen LogP contribution in [0.2, 0.25) is 0 Å². The fraction of sp³-hybridized carbons (Fsp3) is 1.00. The number of nitrogens with one attached hydrogen (secondary N) is 1. The summed E-state index contributed by atoms with van der Waals surface area (Å²) < 4.78 is 0. The predicted octanol–water partition coefficient (Wildman–Crippen LogP) is 1.25. The molecule has 1 N–H and O–H groups in total. The van der Waals surface area contributed by atoms with E-state index in [1.54, 1.807) is 0 Å². The van der Waals surface area contributed by atoms with Crippen molar-refractivity contribution in [3.05, 3.63) is 0 Å². The summed E-state index contributed by atoms with van der Waals surface area (Å²) in [6.45, 7) is 0. The Morgan fingerprint density at radius 1 is 1.11 bits per heavy atom. The molecule has 2 aliphatic heterocycles. The molecule has 0 amide bonds. The molecule has 1 saturated carbocycles. The van der Waals surface area contributed by atoms with Crippen molar-refractivity contribution in [2.75, 3.05) is 0 Å². The second kappa shape index (κ2) is 2.86. The zero-order valence-corrected chi connectivity index (χ0v) is 6.12. The van der Waals surface area contributed by atoms with Crippen molar-refractivity contribution in [2.45, 2.75) is 37.8 Å². The van der Waals surface area contributed by atoms with Crippen LogP contribution in [-0.2, 0) is 4.84 Å². The number of hydroxylamine groups is 1. The second-order valence-corrected chi connectivity index (χ2v) is 2.71. The van der Waals surface area contributed by atoms with Gasteiger partial charge in [0.2, 0.25) is 0 Å². The van der Waals surface area contributed by atoms with E-state index < -0.39 is 0 Å². The first-order chi connectivity index (χ1) is 3.95. The van der Waals surface area contributed by atoms with Gasteiger partial charge in [-0.3, -0.25) is 4.84 Å². The van der Waals surface area contributed by atoms with Crippen molar-refractivity contribution in [3.8, 4) is 0 Å². The van der Waals surface area contributed by atoms with E-state index in [1.807, 2.05) is 0 Å². The minimum absolute atomic E-state index is 0. The van der Waals surface area contributed by atoms with Gasteiger partial charge in [-0.25, -0.2) is 0 Å². The Morgan fingerprint density at radius 3 is 1.89 bits per heavy atom. The van der Waals surface area contributed by atoms with Crippen molar-refractivity contribution in [2.24, 2.45) is 0 Å². The summed E-state index contributed by atoms with van der Waals surface area (Å²) in [6.07, 6.45) is 5.74. The number of hydrogen-bond acceptors (Lipinski definition) is 2. The lowest BCUT2D eigenvalue weighted by atomic mass is 9.92. The van der Waals surface area contributed by atoms with Crippen LogP contribution < -0.4 is 5.48 Å². The number of hydrogen-bond donors (Lipinski definition) is 1. The Kier molecular flexibility index (Phi) is 2.33. The van der Waals surface area contributed by atoms with Crippen LogP contribution >= 0.6 is 12.4 Å². The third kappa shape index (κ3) is 1.37. The summed E-state index contributed by atoms with van der Waals surface area (Å²) in [4.78, 5) is 5.23. The van der Waals surface area contributed by atoms with Crippen LogP contribution in [0.25, 0.3) is 0 Å². The molecule has 9 heavy (non-hydrogen) atoms. The third-order valence-electron chi connectivity index (χ3n) is 2.08. The molecule has 0 aromatic carbocycles. The summed E-state index contributed by atoms with van der Waals surface area (Å²) in [5.74, 6) is 0. The van der Waals surface area contributed by atoms with E-state index in [2.05, 4.69) is 5.48 Å². The zero-order valence-electron chi connectivity index (χ0n) is 5.30. The molecule has 1 aliphatic carbocycles. The molecule has 2 nitrogen and oxygen atoms in total. The molecule has 3 aliphatic rings. The summed E-state index contributed by atoms with van der Waals surface area (Å²) in [6, 6.07) is 0.681. The maximum Gasteiger partial charge on any atom is 0.0791 e. The first-order valence-electron chi connectivity index (χ1n) is 3.36. The largest absolute Gasteiger partial charge is 0.298 e. The average Bonchev–Trinajstić information content (AvgIpc) is 1.92. The normalized spacial score (nSPS) is 40.0. The topological polar surface area (TPSA) is 21.3 Å². The van der Waals surface area contributed by atoms with Gasteiger partial charge in [0.25, 0.3) is 0 Å². The van der Waals surface area contributed by atoms with Gasteiger partial charge in [0.1, 0.15) is 0 Å². The molecule has 2 saturated heterocycles. The number of rotatable bonds is 0. The van der Waals surface area contributed by atoms with Crippen LogP contribution in [0.1, 0.15) is 25.7 Å². The maximum atomic E-state index is 5.23. The van der Waals surface area contributed by atoms with Crippen LogP contribution in [0.15, 0.2) is 0 Å². The maximum absolute atomic E-state index is 5.23. The van der Waals surface area contributed by atoms with Gasteiger partial charge in [-0.05, 0) is 25.7 Å². The summed E-state index contributed by atoms with van der Waals surface area (Å²) >= 11 is 0. The van der Waals surface area contributed by atoms with Crippen molar-refractivity contribution in [1.82, 2.24) is 5.48 Å². The van der Waals surface area contributed by atoms with Gasteiger partial charge in [-0.2, -0.15) is 5.48 Å². The average molecular weight is 150 g/mol. The van der Waals surface area contributed by atoms with E-state index in [9.17, 15) is 0 Å². The van der Waals surface area contributed by atoms with Gasteiger partial charge >= 0.3 is 0 Å². The van der Waals surface area contributed by atoms with Gasteiger partial charge in [0.15, 0.2) is 0 Å². The lowest BCUT2D eigenvalue weighted by Crippen LogP contribution is -2.45. The molecule has 0 unspecified atom stereocenters. The first-order valence-corrected chi connectivity index (χ1v) is 3.36. The molecular weight excluding hydrogens is 138 g/mol. The van der Waals surface area contributed by atoms with Crippen molar-refractivity contribution in [1.29, 1.82) is 0 Å². The fourth-order valence-corrected chi connectivity index (χ4v) is 1.49. The molecule has 3 fully saturated rings. The molecule has 0 aromatic rings. The van der Waals surface area contributed by atoms with Gasteiger partial charge in [0.05, 0.1) is 6.10 Å². The molecule has 0 atom stereocenters. The highest BCUT2D eigenvalue weighted by Gasteiger charge is 2.27. The van der Waals surface area contributed by atoms with E-state index in [4.69, 9.17) is 4.84 Å². The van der Waals surface area contributed by atoms with Crippen LogP contribution in [0, 0.1) is 0 Å². The smallest absolute Gasteiger partial charge is 0.0791 e. The minimum atomic E-state index is 0. The summed E-state index contributed by atoms with van der Waals surface area (Å²) in [7, 11) is 0. The van der Waals surface area contributed by atoms with Crippen LogP contribution in [-0.4, -0.2) is 12.1 Å². The molecule has 0 spiro atoms. The summed E-state index contributed by atoms with van der Waals surface area (Å²) in [5.41, 5.74) is 3.02. The van der Waals surface area contributed by atoms with Crippen molar-refractivity contribution < 1.29 is 4.84 Å². The molecule has 0 aromatic heterocycles. The van der Waals surface area contributed by atoms with Gasteiger partial charge in [0, 0.05) is 6.04 Å². The number of fused-ring (bicyclic) bond motifs is 3. The quantitative estimate of drug-likeness (QED) is 0.560. The van der Waals surface area contributed by atoms with Crippen LogP contribution in [0.4, 0.5) is 0 Å². The molecule has 3 rings (SSSR count). The Hall–Kier alpha value is 0.210. The van der Waals surface area contributed by atoms with E-state index in [0.29, 0.717) is 12.1 Å². The standard InChI is InChI=1S/C6H11NO.ClH/c1-3-6-4-2-5(1)7-8-6;/h5-7H,1-4H2;1H.